The lowest BCUT2D eigenvalue weighted by atomic mass is 10.0. The number of rotatable bonds is 5. The SMILES string of the molecule is COc1cc(C(=O)c2cccnc2)cc(OC)c1OC. The van der Waals surface area contributed by atoms with Crippen molar-refractivity contribution in [3.63, 3.8) is 0 Å². The third-order valence-electron chi connectivity index (χ3n) is 2.85. The second-order valence-electron chi connectivity index (χ2n) is 3.98. The van der Waals surface area contributed by atoms with Crippen molar-refractivity contribution in [3.8, 4) is 17.2 Å². The maximum atomic E-state index is 12.4. The Bertz CT molecular complexity index is 586. The molecular weight excluding hydrogens is 258 g/mol. The van der Waals surface area contributed by atoms with Crippen LogP contribution in [0, 0.1) is 0 Å². The average molecular weight is 273 g/mol. The number of carbonyl (C=O) groups excluding carboxylic acids is 1. The van der Waals surface area contributed by atoms with Gasteiger partial charge in [0.15, 0.2) is 17.3 Å². The van der Waals surface area contributed by atoms with Gasteiger partial charge in [-0.05, 0) is 24.3 Å². The predicted octanol–water partition coefficient (Wildman–Crippen LogP) is 2.34. The number of ketones is 1. The van der Waals surface area contributed by atoms with Gasteiger partial charge in [-0.3, -0.25) is 9.78 Å². The van der Waals surface area contributed by atoms with E-state index >= 15 is 0 Å². The van der Waals surface area contributed by atoms with E-state index in [2.05, 4.69) is 4.98 Å². The molecular formula is C15H15NO4. The molecule has 0 atom stereocenters. The Morgan fingerprint density at radius 2 is 1.65 bits per heavy atom. The molecule has 2 rings (SSSR count). The first-order valence-electron chi connectivity index (χ1n) is 5.96. The monoisotopic (exact) mass is 273 g/mol. The molecule has 1 aromatic carbocycles. The number of carbonyl (C=O) groups is 1. The van der Waals surface area contributed by atoms with Crippen LogP contribution in [0.15, 0.2) is 36.7 Å². The van der Waals surface area contributed by atoms with Crippen LogP contribution in [-0.2, 0) is 0 Å². The van der Waals surface area contributed by atoms with Crippen molar-refractivity contribution in [2.24, 2.45) is 0 Å². The van der Waals surface area contributed by atoms with Gasteiger partial charge in [-0.2, -0.15) is 0 Å². The van der Waals surface area contributed by atoms with E-state index in [4.69, 9.17) is 14.2 Å². The fraction of sp³-hybridized carbons (Fsp3) is 0.200. The van der Waals surface area contributed by atoms with Gasteiger partial charge >= 0.3 is 0 Å². The summed E-state index contributed by atoms with van der Waals surface area (Å²) in [5.74, 6) is 1.19. The van der Waals surface area contributed by atoms with E-state index in [1.165, 1.54) is 27.5 Å². The van der Waals surface area contributed by atoms with Crippen LogP contribution >= 0.6 is 0 Å². The van der Waals surface area contributed by atoms with Crippen molar-refractivity contribution in [3.05, 3.63) is 47.8 Å². The Morgan fingerprint density at radius 1 is 1.00 bits per heavy atom. The van der Waals surface area contributed by atoms with Gasteiger partial charge in [-0.15, -0.1) is 0 Å². The van der Waals surface area contributed by atoms with Crippen LogP contribution < -0.4 is 14.2 Å². The summed E-state index contributed by atoms with van der Waals surface area (Å²) in [6.07, 6.45) is 3.14. The summed E-state index contributed by atoms with van der Waals surface area (Å²) in [4.78, 5) is 16.3. The minimum atomic E-state index is -0.155. The molecule has 0 N–H and O–H groups in total. The Morgan fingerprint density at radius 3 is 2.10 bits per heavy atom. The molecule has 5 nitrogen and oxygen atoms in total. The lowest BCUT2D eigenvalue weighted by Crippen LogP contribution is -2.04. The summed E-state index contributed by atoms with van der Waals surface area (Å²) in [6.45, 7) is 0. The molecule has 1 heterocycles. The fourth-order valence-corrected chi connectivity index (χ4v) is 1.88. The summed E-state index contributed by atoms with van der Waals surface area (Å²) in [6, 6.07) is 6.66. The smallest absolute Gasteiger partial charge is 0.203 e. The molecule has 0 spiro atoms. The number of benzene rings is 1. The maximum absolute atomic E-state index is 12.4. The highest BCUT2D eigenvalue weighted by Crippen LogP contribution is 2.38. The van der Waals surface area contributed by atoms with Crippen molar-refractivity contribution in [1.82, 2.24) is 4.98 Å². The quantitative estimate of drug-likeness (QED) is 0.783. The first-order valence-corrected chi connectivity index (χ1v) is 5.96. The van der Waals surface area contributed by atoms with Crippen molar-refractivity contribution in [2.45, 2.75) is 0 Å². The molecule has 0 aliphatic heterocycles. The number of nitrogens with zero attached hydrogens (tertiary/aromatic N) is 1. The number of pyridine rings is 1. The number of ether oxygens (including phenoxy) is 3. The summed E-state index contributed by atoms with van der Waals surface area (Å²) in [5.41, 5.74) is 0.953. The molecule has 1 aromatic heterocycles. The molecule has 0 saturated heterocycles. The van der Waals surface area contributed by atoms with Crippen LogP contribution in [0.5, 0.6) is 17.2 Å². The zero-order valence-electron chi connectivity index (χ0n) is 11.5. The molecule has 0 fully saturated rings. The largest absolute Gasteiger partial charge is 0.493 e. The fourth-order valence-electron chi connectivity index (χ4n) is 1.88. The van der Waals surface area contributed by atoms with Crippen molar-refractivity contribution in [1.29, 1.82) is 0 Å². The third kappa shape index (κ3) is 2.56. The lowest BCUT2D eigenvalue weighted by Gasteiger charge is -2.13. The Balaban J connectivity index is 2.50. The van der Waals surface area contributed by atoms with Gasteiger partial charge in [0.1, 0.15) is 0 Å². The molecule has 0 aliphatic carbocycles. The summed E-state index contributed by atoms with van der Waals surface area (Å²) < 4.78 is 15.7. The first kappa shape index (κ1) is 13.9. The van der Waals surface area contributed by atoms with E-state index in [-0.39, 0.29) is 5.78 Å². The highest BCUT2D eigenvalue weighted by molar-refractivity contribution is 6.09. The third-order valence-corrected chi connectivity index (χ3v) is 2.85. The van der Waals surface area contributed by atoms with E-state index in [9.17, 15) is 4.79 Å². The van der Waals surface area contributed by atoms with E-state index in [0.29, 0.717) is 28.4 Å². The number of methoxy groups -OCH3 is 3. The number of hydrogen-bond donors (Lipinski definition) is 0. The van der Waals surface area contributed by atoms with E-state index < -0.39 is 0 Å². The highest BCUT2D eigenvalue weighted by atomic mass is 16.5. The molecule has 0 amide bonds. The number of hydrogen-bond acceptors (Lipinski definition) is 5. The minimum Gasteiger partial charge on any atom is -0.493 e. The first-order chi connectivity index (χ1) is 9.71. The molecule has 0 saturated carbocycles. The molecule has 2 aromatic rings. The average Bonchev–Trinajstić information content (AvgIpc) is 2.53. The van der Waals surface area contributed by atoms with Gasteiger partial charge in [0.25, 0.3) is 0 Å². The normalized spacial score (nSPS) is 9.95. The van der Waals surface area contributed by atoms with Gasteiger partial charge in [0.2, 0.25) is 5.75 Å². The Labute approximate surface area is 117 Å². The van der Waals surface area contributed by atoms with Crippen molar-refractivity contribution >= 4 is 5.78 Å². The van der Waals surface area contributed by atoms with Crippen LogP contribution in [-0.4, -0.2) is 32.1 Å². The second-order valence-corrected chi connectivity index (χ2v) is 3.98. The van der Waals surface area contributed by atoms with Crippen LogP contribution in [0.3, 0.4) is 0 Å². The molecule has 0 radical (unpaired) electrons. The molecule has 0 aliphatic rings. The Hall–Kier alpha value is -2.56. The minimum absolute atomic E-state index is 0.155. The second kappa shape index (κ2) is 6.06. The summed E-state index contributed by atoms with van der Waals surface area (Å²) in [5, 5.41) is 0. The van der Waals surface area contributed by atoms with Gasteiger partial charge in [0.05, 0.1) is 21.3 Å². The van der Waals surface area contributed by atoms with Crippen LogP contribution in [0.25, 0.3) is 0 Å². The maximum Gasteiger partial charge on any atom is 0.203 e. The van der Waals surface area contributed by atoms with E-state index in [1.54, 1.807) is 30.5 Å². The topological polar surface area (TPSA) is 57.7 Å². The molecule has 104 valence electrons. The lowest BCUT2D eigenvalue weighted by molar-refractivity contribution is 0.103. The molecule has 20 heavy (non-hydrogen) atoms. The van der Waals surface area contributed by atoms with Crippen LogP contribution in [0.1, 0.15) is 15.9 Å². The van der Waals surface area contributed by atoms with Gasteiger partial charge in [0, 0.05) is 23.5 Å². The zero-order chi connectivity index (χ0) is 14.5. The van der Waals surface area contributed by atoms with Crippen molar-refractivity contribution in [2.75, 3.05) is 21.3 Å². The van der Waals surface area contributed by atoms with E-state index in [0.717, 1.165) is 0 Å². The van der Waals surface area contributed by atoms with Crippen molar-refractivity contribution < 1.29 is 19.0 Å². The van der Waals surface area contributed by atoms with Crippen LogP contribution in [0.4, 0.5) is 0 Å². The zero-order valence-corrected chi connectivity index (χ0v) is 11.5. The van der Waals surface area contributed by atoms with Gasteiger partial charge in [-0.25, -0.2) is 0 Å². The predicted molar refractivity (Wildman–Crippen MR) is 73.8 cm³/mol. The summed E-state index contributed by atoms with van der Waals surface area (Å²) >= 11 is 0. The summed E-state index contributed by atoms with van der Waals surface area (Å²) in [7, 11) is 4.54. The molecule has 0 unspecified atom stereocenters. The Kier molecular flexibility index (Phi) is 4.20. The highest BCUT2D eigenvalue weighted by Gasteiger charge is 2.17. The van der Waals surface area contributed by atoms with Crippen LogP contribution in [0.2, 0.25) is 0 Å². The number of aromatic nitrogens is 1. The van der Waals surface area contributed by atoms with Gasteiger partial charge < -0.3 is 14.2 Å². The van der Waals surface area contributed by atoms with E-state index in [1.807, 2.05) is 0 Å². The molecule has 5 heteroatoms. The standard InChI is InChI=1S/C15H15NO4/c1-18-12-7-11(8-13(19-2)15(12)20-3)14(17)10-5-4-6-16-9-10/h4-9H,1-3H3. The molecule has 0 bridgehead atoms. The van der Waals surface area contributed by atoms with Gasteiger partial charge in [-0.1, -0.05) is 0 Å².